The van der Waals surface area contributed by atoms with Crippen molar-refractivity contribution in [2.75, 3.05) is 11.6 Å². The van der Waals surface area contributed by atoms with Crippen LogP contribution in [0.25, 0.3) is 0 Å². The number of aromatic nitrogens is 2. The van der Waals surface area contributed by atoms with Crippen LogP contribution < -0.4 is 10.6 Å². The second-order valence-corrected chi connectivity index (χ2v) is 8.36. The Morgan fingerprint density at radius 1 is 1.15 bits per heavy atom. The molecule has 8 heteroatoms. The first-order valence-corrected chi connectivity index (χ1v) is 10.4. The van der Waals surface area contributed by atoms with Gasteiger partial charge in [-0.1, -0.05) is 30.3 Å². The zero-order valence-electron chi connectivity index (χ0n) is 15.8. The van der Waals surface area contributed by atoms with E-state index in [-0.39, 0.29) is 11.7 Å². The summed E-state index contributed by atoms with van der Waals surface area (Å²) in [4.78, 5) is 20.5. The van der Waals surface area contributed by atoms with E-state index in [0.717, 1.165) is 17.2 Å². The molecular weight excluding hydrogens is 364 g/mol. The third-order valence-electron chi connectivity index (χ3n) is 3.88. The maximum absolute atomic E-state index is 12.2. The van der Waals surface area contributed by atoms with Crippen LogP contribution in [0.4, 0.5) is 5.82 Å². The lowest BCUT2D eigenvalue weighted by Crippen LogP contribution is -2.32. The first-order chi connectivity index (χ1) is 12.7. The highest BCUT2D eigenvalue weighted by Gasteiger charge is 2.12. The Morgan fingerprint density at radius 2 is 1.85 bits per heavy atom. The Hall–Kier alpha value is -2.74. The first-order valence-electron chi connectivity index (χ1n) is 8.49. The summed E-state index contributed by atoms with van der Waals surface area (Å²) in [7, 11) is -3.23. The molecule has 0 aliphatic rings. The monoisotopic (exact) mass is 388 g/mol. The summed E-state index contributed by atoms with van der Waals surface area (Å²) < 4.78 is 22.2. The van der Waals surface area contributed by atoms with Crippen LogP contribution in [0.3, 0.4) is 0 Å². The van der Waals surface area contributed by atoms with Gasteiger partial charge < -0.3 is 10.6 Å². The second kappa shape index (κ2) is 8.77. The third kappa shape index (κ3) is 6.49. The molecule has 0 saturated carbocycles. The van der Waals surface area contributed by atoms with Crippen molar-refractivity contribution < 1.29 is 13.2 Å². The van der Waals surface area contributed by atoms with Crippen molar-refractivity contribution in [3.05, 3.63) is 65.0 Å². The minimum Gasteiger partial charge on any atom is -0.362 e. The Labute approximate surface area is 159 Å². The molecule has 1 amide bonds. The number of aryl methyl sites for hydroxylation is 1. The topological polar surface area (TPSA) is 101 Å². The molecule has 1 aromatic carbocycles. The van der Waals surface area contributed by atoms with E-state index in [1.165, 1.54) is 24.0 Å². The Balaban J connectivity index is 1.99. The van der Waals surface area contributed by atoms with E-state index in [1.54, 1.807) is 6.92 Å². The summed E-state index contributed by atoms with van der Waals surface area (Å²) in [6.45, 7) is 5.75. The number of carbonyl (C=O) groups excluding carboxylic acids is 1. The van der Waals surface area contributed by atoms with E-state index in [2.05, 4.69) is 20.6 Å². The summed E-state index contributed by atoms with van der Waals surface area (Å²) in [5, 5.41) is 6.97. The Kier molecular flexibility index (Phi) is 6.68. The average molecular weight is 388 g/mol. The normalized spacial score (nSPS) is 13.9. The van der Waals surface area contributed by atoms with Crippen molar-refractivity contribution in [2.45, 2.75) is 32.9 Å². The van der Waals surface area contributed by atoms with Gasteiger partial charge in [0.15, 0.2) is 9.84 Å². The quantitative estimate of drug-likeness (QED) is 0.756. The number of nitrogens with zero attached hydrogens (tertiary/aromatic N) is 2. The van der Waals surface area contributed by atoms with Gasteiger partial charge in [0.05, 0.1) is 18.4 Å². The molecule has 2 atom stereocenters. The van der Waals surface area contributed by atoms with Gasteiger partial charge in [-0.2, -0.15) is 0 Å². The number of nitrogens with one attached hydrogen (secondary N) is 2. The molecule has 2 aromatic rings. The molecule has 0 aliphatic carbocycles. The van der Waals surface area contributed by atoms with Crippen molar-refractivity contribution in [3.63, 3.8) is 0 Å². The summed E-state index contributed by atoms with van der Waals surface area (Å²) in [6, 6.07) is 7.66. The minimum absolute atomic E-state index is 0.0429. The van der Waals surface area contributed by atoms with Crippen LogP contribution in [0.2, 0.25) is 0 Å². The smallest absolute Gasteiger partial charge is 0.271 e. The molecule has 1 heterocycles. The highest BCUT2D eigenvalue weighted by atomic mass is 32.2. The van der Waals surface area contributed by atoms with Gasteiger partial charge in [0.1, 0.15) is 11.5 Å². The molecule has 2 rings (SSSR count). The highest BCUT2D eigenvalue weighted by Crippen LogP contribution is 2.20. The van der Waals surface area contributed by atoms with Gasteiger partial charge in [0.25, 0.3) is 5.91 Å². The molecule has 7 nitrogen and oxygen atoms in total. The fourth-order valence-electron chi connectivity index (χ4n) is 2.48. The molecule has 0 unspecified atom stereocenters. The molecule has 0 spiro atoms. The number of hydrogen-bond donors (Lipinski definition) is 2. The lowest BCUT2D eigenvalue weighted by atomic mass is 10.0. The van der Waals surface area contributed by atoms with Gasteiger partial charge in [-0.05, 0) is 31.9 Å². The van der Waals surface area contributed by atoms with E-state index in [0.29, 0.717) is 5.82 Å². The molecule has 0 radical (unpaired) electrons. The Morgan fingerprint density at radius 3 is 2.44 bits per heavy atom. The fraction of sp³-hybridized carbons (Fsp3) is 0.316. The van der Waals surface area contributed by atoms with E-state index in [9.17, 15) is 13.2 Å². The van der Waals surface area contributed by atoms with Crippen LogP contribution in [0.15, 0.2) is 48.1 Å². The van der Waals surface area contributed by atoms with Gasteiger partial charge >= 0.3 is 0 Å². The Bertz CT molecular complexity index is 924. The number of hydrogen-bond acceptors (Lipinski definition) is 6. The van der Waals surface area contributed by atoms with Gasteiger partial charge in [0, 0.05) is 17.7 Å². The van der Waals surface area contributed by atoms with Crippen LogP contribution in [0, 0.1) is 6.92 Å². The number of anilines is 1. The zero-order valence-corrected chi connectivity index (χ0v) is 16.6. The molecule has 0 aliphatic heterocycles. The number of amides is 1. The maximum Gasteiger partial charge on any atom is 0.271 e. The number of carbonyl (C=O) groups is 1. The lowest BCUT2D eigenvalue weighted by molar-refractivity contribution is 0.0941. The first kappa shape index (κ1) is 20.6. The molecule has 0 saturated heterocycles. The van der Waals surface area contributed by atoms with Crippen molar-refractivity contribution in [1.29, 1.82) is 0 Å². The minimum atomic E-state index is -3.23. The van der Waals surface area contributed by atoms with Crippen molar-refractivity contribution in [1.82, 2.24) is 15.3 Å². The molecule has 2 N–H and O–H groups in total. The number of sulfone groups is 1. The fourth-order valence-corrected chi connectivity index (χ4v) is 3.00. The molecule has 144 valence electrons. The van der Waals surface area contributed by atoms with Gasteiger partial charge in [-0.25, -0.2) is 18.4 Å². The van der Waals surface area contributed by atoms with E-state index < -0.39 is 21.8 Å². The van der Waals surface area contributed by atoms with E-state index >= 15 is 0 Å². The molecule has 27 heavy (non-hydrogen) atoms. The van der Waals surface area contributed by atoms with Crippen LogP contribution >= 0.6 is 0 Å². The van der Waals surface area contributed by atoms with Crippen LogP contribution in [0.5, 0.6) is 0 Å². The lowest BCUT2D eigenvalue weighted by Gasteiger charge is -2.17. The third-order valence-corrected chi connectivity index (χ3v) is 4.53. The predicted molar refractivity (Wildman–Crippen MR) is 106 cm³/mol. The van der Waals surface area contributed by atoms with E-state index in [1.807, 2.05) is 38.1 Å². The van der Waals surface area contributed by atoms with Gasteiger partial charge in [-0.3, -0.25) is 4.79 Å². The van der Waals surface area contributed by atoms with E-state index in [4.69, 9.17) is 0 Å². The molecular formula is C19H24N4O3S. The van der Waals surface area contributed by atoms with Gasteiger partial charge in [-0.15, -0.1) is 0 Å². The highest BCUT2D eigenvalue weighted by molar-refractivity contribution is 7.93. The standard InChI is InChI=1S/C19H24N4O3S/c1-13-7-5-6-8-16(13)15(3)23-18-12-20-17(11-21-18)19(24)22-14(2)9-10-27(4,25)26/h5-12,14-15H,1-4H3,(H,21,23)(H,22,24)/b10-9+/t14-,15+/m1/s1. The summed E-state index contributed by atoms with van der Waals surface area (Å²) >= 11 is 0. The molecule has 0 bridgehead atoms. The number of benzene rings is 1. The predicted octanol–water partition coefficient (Wildman–Crippen LogP) is 2.63. The average Bonchev–Trinajstić information content (AvgIpc) is 2.60. The molecule has 1 aromatic heterocycles. The summed E-state index contributed by atoms with van der Waals surface area (Å²) in [6.07, 6.45) is 5.38. The second-order valence-electron chi connectivity index (χ2n) is 6.43. The van der Waals surface area contributed by atoms with Crippen LogP contribution in [0.1, 0.15) is 41.5 Å². The summed E-state index contributed by atoms with van der Waals surface area (Å²) in [5.74, 6) is 0.138. The van der Waals surface area contributed by atoms with Crippen molar-refractivity contribution >= 4 is 21.6 Å². The number of rotatable bonds is 7. The molecule has 0 fully saturated rings. The maximum atomic E-state index is 12.2. The van der Waals surface area contributed by atoms with Crippen molar-refractivity contribution in [3.8, 4) is 0 Å². The van der Waals surface area contributed by atoms with Crippen molar-refractivity contribution in [2.24, 2.45) is 0 Å². The summed E-state index contributed by atoms with van der Waals surface area (Å²) in [5.41, 5.74) is 2.49. The largest absolute Gasteiger partial charge is 0.362 e. The SMILES string of the molecule is Cc1ccccc1[C@H](C)Nc1cnc(C(=O)N[C@H](C)/C=C/S(C)(=O)=O)cn1. The van der Waals surface area contributed by atoms with Crippen LogP contribution in [-0.2, 0) is 9.84 Å². The van der Waals surface area contributed by atoms with Gasteiger partial charge in [0.2, 0.25) is 0 Å². The zero-order chi connectivity index (χ0) is 20.0. The van der Waals surface area contributed by atoms with Crippen LogP contribution in [-0.4, -0.2) is 36.6 Å².